The molecule has 90 valence electrons. The molecular formula is C6H9InO9. The molecule has 0 amide bonds. The first-order valence-corrected chi connectivity index (χ1v) is 7.98. The number of aliphatic hydroxyl groups excluding tert-OH is 3. The van der Waals surface area contributed by atoms with Crippen molar-refractivity contribution < 1.29 is 38.3 Å². The van der Waals surface area contributed by atoms with Gasteiger partial charge in [-0.3, -0.25) is 0 Å². The maximum absolute atomic E-state index is 10.6. The molecule has 0 aliphatic heterocycles. The van der Waals surface area contributed by atoms with E-state index >= 15 is 0 Å². The van der Waals surface area contributed by atoms with Crippen molar-refractivity contribution in [3.05, 3.63) is 0 Å². The Hall–Kier alpha value is -0.840. The molecule has 0 aliphatic rings. The molecule has 0 heterocycles. The fourth-order valence-corrected chi connectivity index (χ4v) is 3.39. The van der Waals surface area contributed by atoms with Crippen LogP contribution in [0.4, 0.5) is 0 Å². The van der Waals surface area contributed by atoms with Gasteiger partial charge < -0.3 is 0 Å². The van der Waals surface area contributed by atoms with E-state index in [-0.39, 0.29) is 0 Å². The first kappa shape index (κ1) is 15.2. The molecule has 0 saturated carbocycles. The molecule has 0 aliphatic carbocycles. The number of aliphatic hydroxyl groups is 3. The summed E-state index contributed by atoms with van der Waals surface area (Å²) in [4.78, 5) is 31.9. The van der Waals surface area contributed by atoms with Gasteiger partial charge in [-0.15, -0.1) is 0 Å². The van der Waals surface area contributed by atoms with E-state index in [1.807, 2.05) is 0 Å². The molecule has 0 fully saturated rings. The first-order chi connectivity index (χ1) is 7.53. The Kier molecular flexibility index (Phi) is 7.89. The SMILES string of the molecule is O=C(CO)[O][In]([O]C(=O)CO)[O]C(=O)CO. The number of hydrogen-bond acceptors (Lipinski definition) is 9. The van der Waals surface area contributed by atoms with Gasteiger partial charge in [-0.05, 0) is 0 Å². The molecule has 0 bridgehead atoms. The molecule has 0 aromatic rings. The van der Waals surface area contributed by atoms with Crippen molar-refractivity contribution in [3.63, 3.8) is 0 Å². The zero-order valence-corrected chi connectivity index (χ0v) is 11.3. The Labute approximate surface area is 98.9 Å². The van der Waals surface area contributed by atoms with Gasteiger partial charge in [0.2, 0.25) is 0 Å². The zero-order chi connectivity index (χ0) is 12.6. The molecule has 0 saturated heterocycles. The van der Waals surface area contributed by atoms with Crippen LogP contribution in [0.2, 0.25) is 0 Å². The van der Waals surface area contributed by atoms with E-state index < -0.39 is 60.5 Å². The fourth-order valence-electron chi connectivity index (χ4n) is 0.506. The number of carbonyl (C=O) groups is 3. The molecule has 0 aromatic heterocycles. The maximum atomic E-state index is 10.6. The van der Waals surface area contributed by atoms with Crippen LogP contribution < -0.4 is 0 Å². The van der Waals surface area contributed by atoms with Crippen LogP contribution in [0, 0.1) is 0 Å². The standard InChI is InChI=1S/3C2H4O3.In/c3*3-1-2(4)5;/h3*3H,1H2,(H,4,5);/q;;;+3/p-3. The van der Waals surface area contributed by atoms with E-state index in [0.29, 0.717) is 0 Å². The van der Waals surface area contributed by atoms with Gasteiger partial charge >= 0.3 is 98.7 Å². The van der Waals surface area contributed by atoms with Crippen molar-refractivity contribution >= 4 is 40.7 Å². The van der Waals surface area contributed by atoms with E-state index in [4.69, 9.17) is 15.3 Å². The second kappa shape index (κ2) is 8.33. The molecule has 0 aromatic carbocycles. The van der Waals surface area contributed by atoms with Crippen molar-refractivity contribution in [1.82, 2.24) is 0 Å². The Morgan fingerprint density at radius 2 is 1.00 bits per heavy atom. The van der Waals surface area contributed by atoms with Crippen LogP contribution in [0.5, 0.6) is 0 Å². The molecule has 10 heteroatoms. The monoisotopic (exact) mass is 340 g/mol. The topological polar surface area (TPSA) is 140 Å². The van der Waals surface area contributed by atoms with Gasteiger partial charge in [-0.2, -0.15) is 0 Å². The number of hydrogen-bond donors (Lipinski definition) is 3. The molecule has 3 N–H and O–H groups in total. The second-order valence-electron chi connectivity index (χ2n) is 2.23. The predicted molar refractivity (Wildman–Crippen MR) is 45.3 cm³/mol. The van der Waals surface area contributed by atoms with Crippen molar-refractivity contribution in [2.45, 2.75) is 0 Å². The van der Waals surface area contributed by atoms with Crippen LogP contribution in [0.1, 0.15) is 0 Å². The molecular weight excluding hydrogens is 331 g/mol. The van der Waals surface area contributed by atoms with Crippen LogP contribution in [-0.4, -0.2) is 75.8 Å². The van der Waals surface area contributed by atoms with Gasteiger partial charge in [0, 0.05) is 0 Å². The predicted octanol–water partition coefficient (Wildman–Crippen LogP) is -3.42. The summed E-state index contributed by atoms with van der Waals surface area (Å²) in [5.41, 5.74) is 0. The summed E-state index contributed by atoms with van der Waals surface area (Å²) < 4.78 is 13.1. The fraction of sp³-hybridized carbons (Fsp3) is 0.500. The Morgan fingerprint density at radius 1 is 0.750 bits per heavy atom. The molecule has 0 atom stereocenters. The van der Waals surface area contributed by atoms with Gasteiger partial charge in [0.05, 0.1) is 0 Å². The van der Waals surface area contributed by atoms with Crippen LogP contribution in [0.3, 0.4) is 0 Å². The molecule has 0 unspecified atom stereocenters. The van der Waals surface area contributed by atoms with E-state index in [1.165, 1.54) is 0 Å². The third-order valence-electron chi connectivity index (χ3n) is 1.07. The van der Waals surface area contributed by atoms with E-state index in [2.05, 4.69) is 8.56 Å². The van der Waals surface area contributed by atoms with E-state index in [1.54, 1.807) is 0 Å². The molecule has 0 spiro atoms. The molecule has 9 nitrogen and oxygen atoms in total. The van der Waals surface area contributed by atoms with Gasteiger partial charge in [-0.1, -0.05) is 0 Å². The summed E-state index contributed by atoms with van der Waals surface area (Å²) in [6.07, 6.45) is 0. The minimum atomic E-state index is -4.22. The summed E-state index contributed by atoms with van der Waals surface area (Å²) in [7, 11) is 0. The van der Waals surface area contributed by atoms with Gasteiger partial charge in [0.1, 0.15) is 0 Å². The van der Waals surface area contributed by atoms with Crippen molar-refractivity contribution in [1.29, 1.82) is 0 Å². The van der Waals surface area contributed by atoms with Crippen molar-refractivity contribution in [3.8, 4) is 0 Å². The van der Waals surface area contributed by atoms with E-state index in [0.717, 1.165) is 0 Å². The molecule has 16 heavy (non-hydrogen) atoms. The Bertz CT molecular complexity index is 222. The number of rotatable bonds is 6. The first-order valence-electron chi connectivity index (χ1n) is 3.94. The summed E-state index contributed by atoms with van der Waals surface area (Å²) in [6.45, 7) is -2.91. The normalized spacial score (nSPS) is 9.19. The molecule has 0 rings (SSSR count). The summed E-state index contributed by atoms with van der Waals surface area (Å²) in [5, 5.41) is 25.0. The van der Waals surface area contributed by atoms with Crippen LogP contribution >= 0.6 is 0 Å². The third kappa shape index (κ3) is 6.61. The van der Waals surface area contributed by atoms with Crippen LogP contribution in [0.15, 0.2) is 0 Å². The summed E-state index contributed by atoms with van der Waals surface area (Å²) in [5.74, 6) is -3.38. The number of carbonyl (C=O) groups excluding carboxylic acids is 3. The third-order valence-corrected chi connectivity index (χ3v) is 4.97. The second-order valence-corrected chi connectivity index (χ2v) is 5.90. The Balaban J connectivity index is 4.31. The van der Waals surface area contributed by atoms with Crippen LogP contribution in [-0.2, 0) is 22.9 Å². The van der Waals surface area contributed by atoms with Gasteiger partial charge in [0.15, 0.2) is 0 Å². The van der Waals surface area contributed by atoms with Gasteiger partial charge in [-0.25, -0.2) is 0 Å². The van der Waals surface area contributed by atoms with Crippen molar-refractivity contribution in [2.75, 3.05) is 19.8 Å². The van der Waals surface area contributed by atoms with Crippen LogP contribution in [0.25, 0.3) is 0 Å². The van der Waals surface area contributed by atoms with Crippen molar-refractivity contribution in [2.24, 2.45) is 0 Å². The Morgan fingerprint density at radius 3 is 1.19 bits per heavy atom. The molecule has 0 radical (unpaired) electrons. The van der Waals surface area contributed by atoms with E-state index in [9.17, 15) is 14.4 Å². The summed E-state index contributed by atoms with van der Waals surface area (Å²) >= 11 is -4.22. The average Bonchev–Trinajstić information content (AvgIpc) is 2.28. The quantitative estimate of drug-likeness (QED) is 0.451. The van der Waals surface area contributed by atoms with Gasteiger partial charge in [0.25, 0.3) is 0 Å². The minimum absolute atomic E-state index is 0.971. The zero-order valence-electron chi connectivity index (χ0n) is 7.99. The summed E-state index contributed by atoms with van der Waals surface area (Å²) in [6, 6.07) is 0. The average molecular weight is 340 g/mol.